The van der Waals surface area contributed by atoms with E-state index in [2.05, 4.69) is 5.16 Å². The fourth-order valence-electron chi connectivity index (χ4n) is 2.38. The summed E-state index contributed by atoms with van der Waals surface area (Å²) in [6.45, 7) is 0. The summed E-state index contributed by atoms with van der Waals surface area (Å²) in [5.41, 5.74) is 0.358. The summed E-state index contributed by atoms with van der Waals surface area (Å²) in [5, 5.41) is 7.74. The standard InChI is InChI=1S/C18H14F4N2O2S2/c19-12-5-3-11(4-6-12)17(18(20,21)22)23-16(25)10-27-9-13-8-14(26-24-13)15-2-1-7-28-15/h1-8,17H,9-10H2,(H,23,25). The molecule has 1 unspecified atom stereocenters. The number of thiophene rings is 1. The molecule has 0 fully saturated rings. The van der Waals surface area contributed by atoms with Crippen LogP contribution in [-0.2, 0) is 10.5 Å². The lowest BCUT2D eigenvalue weighted by Crippen LogP contribution is -2.39. The molecule has 0 radical (unpaired) electrons. The molecule has 148 valence electrons. The average Bonchev–Trinajstić information content (AvgIpc) is 3.31. The van der Waals surface area contributed by atoms with Gasteiger partial charge in [-0.2, -0.15) is 13.2 Å². The maximum Gasteiger partial charge on any atom is 0.412 e. The minimum absolute atomic E-state index is 0.186. The second-order valence-corrected chi connectivity index (χ2v) is 7.68. The Bertz CT molecular complexity index is 909. The van der Waals surface area contributed by atoms with E-state index in [1.54, 1.807) is 6.07 Å². The van der Waals surface area contributed by atoms with Crippen molar-refractivity contribution in [2.24, 2.45) is 0 Å². The molecular weight excluding hydrogens is 416 g/mol. The number of benzene rings is 1. The summed E-state index contributed by atoms with van der Waals surface area (Å²) >= 11 is 2.61. The Morgan fingerprint density at radius 1 is 1.25 bits per heavy atom. The molecule has 0 bridgehead atoms. The molecule has 28 heavy (non-hydrogen) atoms. The Morgan fingerprint density at radius 3 is 2.64 bits per heavy atom. The van der Waals surface area contributed by atoms with E-state index in [0.717, 1.165) is 40.9 Å². The molecule has 0 aliphatic rings. The Balaban J connectivity index is 1.54. The van der Waals surface area contributed by atoms with Gasteiger partial charge in [0.05, 0.1) is 16.3 Å². The Hall–Kier alpha value is -2.33. The Morgan fingerprint density at radius 2 is 2.00 bits per heavy atom. The van der Waals surface area contributed by atoms with Gasteiger partial charge >= 0.3 is 6.18 Å². The van der Waals surface area contributed by atoms with Crippen LogP contribution in [0.25, 0.3) is 10.6 Å². The topological polar surface area (TPSA) is 55.1 Å². The van der Waals surface area contributed by atoms with Gasteiger partial charge in [-0.05, 0) is 29.1 Å². The van der Waals surface area contributed by atoms with Gasteiger partial charge in [-0.1, -0.05) is 23.4 Å². The number of nitrogens with one attached hydrogen (secondary N) is 1. The van der Waals surface area contributed by atoms with E-state index in [1.165, 1.54) is 11.3 Å². The van der Waals surface area contributed by atoms with E-state index in [1.807, 2.05) is 22.8 Å². The van der Waals surface area contributed by atoms with Crippen molar-refractivity contribution >= 4 is 29.0 Å². The first kappa shape index (κ1) is 20.4. The molecule has 10 heteroatoms. The van der Waals surface area contributed by atoms with Crippen LogP contribution in [0.4, 0.5) is 17.6 Å². The van der Waals surface area contributed by atoms with Gasteiger partial charge < -0.3 is 9.84 Å². The molecule has 4 nitrogen and oxygen atoms in total. The van der Waals surface area contributed by atoms with Crippen LogP contribution in [0.15, 0.2) is 52.4 Å². The zero-order valence-corrected chi connectivity index (χ0v) is 15.8. The van der Waals surface area contributed by atoms with Crippen LogP contribution in [0, 0.1) is 5.82 Å². The maximum atomic E-state index is 13.3. The van der Waals surface area contributed by atoms with Crippen molar-refractivity contribution < 1.29 is 26.9 Å². The number of nitrogens with zero attached hydrogens (tertiary/aromatic N) is 1. The predicted molar refractivity (Wildman–Crippen MR) is 99.3 cm³/mol. The molecular formula is C18H14F4N2O2S2. The summed E-state index contributed by atoms with van der Waals surface area (Å²) < 4.78 is 57.9. The molecule has 0 saturated carbocycles. The molecule has 0 saturated heterocycles. The third kappa shape index (κ3) is 5.35. The fourth-order valence-corrected chi connectivity index (χ4v) is 3.76. The average molecular weight is 430 g/mol. The van der Waals surface area contributed by atoms with Crippen LogP contribution in [0.1, 0.15) is 17.3 Å². The summed E-state index contributed by atoms with van der Waals surface area (Å²) in [7, 11) is 0. The van der Waals surface area contributed by atoms with Crippen molar-refractivity contribution in [3.05, 3.63) is 64.9 Å². The van der Waals surface area contributed by atoms with Crippen molar-refractivity contribution in [2.45, 2.75) is 18.0 Å². The second-order valence-electron chi connectivity index (χ2n) is 5.75. The van der Waals surface area contributed by atoms with E-state index in [4.69, 9.17) is 4.52 Å². The first-order valence-corrected chi connectivity index (χ1v) is 10.0. The zero-order chi connectivity index (χ0) is 20.1. The van der Waals surface area contributed by atoms with E-state index < -0.39 is 23.9 Å². The summed E-state index contributed by atoms with van der Waals surface area (Å²) in [6.07, 6.45) is -4.69. The first-order valence-electron chi connectivity index (χ1n) is 8.01. The van der Waals surface area contributed by atoms with Gasteiger partial charge in [0.1, 0.15) is 5.82 Å². The highest BCUT2D eigenvalue weighted by atomic mass is 32.2. The predicted octanol–water partition coefficient (Wildman–Crippen LogP) is 5.20. The molecule has 3 aromatic rings. The van der Waals surface area contributed by atoms with E-state index in [0.29, 0.717) is 17.2 Å². The highest BCUT2D eigenvalue weighted by Gasteiger charge is 2.41. The molecule has 3 rings (SSSR count). The molecule has 0 aliphatic heterocycles. The van der Waals surface area contributed by atoms with Gasteiger partial charge in [0.25, 0.3) is 0 Å². The number of carbonyl (C=O) groups is 1. The molecule has 1 amide bonds. The van der Waals surface area contributed by atoms with E-state index in [9.17, 15) is 22.4 Å². The van der Waals surface area contributed by atoms with Gasteiger partial charge in [-0.3, -0.25) is 4.79 Å². The molecule has 2 aromatic heterocycles. The van der Waals surface area contributed by atoms with Crippen molar-refractivity contribution in [3.8, 4) is 10.6 Å². The van der Waals surface area contributed by atoms with Gasteiger partial charge in [-0.25, -0.2) is 4.39 Å². The van der Waals surface area contributed by atoms with Crippen LogP contribution in [0.3, 0.4) is 0 Å². The largest absolute Gasteiger partial charge is 0.412 e. The minimum Gasteiger partial charge on any atom is -0.355 e. The lowest BCUT2D eigenvalue weighted by Gasteiger charge is -2.22. The lowest BCUT2D eigenvalue weighted by molar-refractivity contribution is -0.162. The molecule has 1 N–H and O–H groups in total. The number of thioether (sulfide) groups is 1. The van der Waals surface area contributed by atoms with Crippen molar-refractivity contribution in [2.75, 3.05) is 5.75 Å². The fraction of sp³-hybridized carbons (Fsp3) is 0.222. The summed E-state index contributed by atoms with van der Waals surface area (Å²) in [4.78, 5) is 12.9. The Labute approximate surface area is 165 Å². The molecule has 2 heterocycles. The van der Waals surface area contributed by atoms with Crippen LogP contribution < -0.4 is 5.32 Å². The number of aromatic nitrogens is 1. The first-order chi connectivity index (χ1) is 13.3. The zero-order valence-electron chi connectivity index (χ0n) is 14.2. The van der Waals surface area contributed by atoms with Gasteiger partial charge in [0.2, 0.25) is 5.91 Å². The quantitative estimate of drug-likeness (QED) is 0.524. The lowest BCUT2D eigenvalue weighted by atomic mass is 10.1. The number of alkyl halides is 3. The van der Waals surface area contributed by atoms with Gasteiger partial charge in [0.15, 0.2) is 11.8 Å². The van der Waals surface area contributed by atoms with Crippen LogP contribution in [0.2, 0.25) is 0 Å². The SMILES string of the molecule is O=C(CSCc1cc(-c2cccs2)on1)NC(c1ccc(F)cc1)C(F)(F)F. The molecule has 0 spiro atoms. The highest BCUT2D eigenvalue weighted by Crippen LogP contribution is 2.33. The molecule has 0 aliphatic carbocycles. The number of rotatable bonds is 7. The van der Waals surface area contributed by atoms with Crippen LogP contribution >= 0.6 is 23.1 Å². The third-order valence-electron chi connectivity index (χ3n) is 3.64. The second kappa shape index (κ2) is 8.78. The maximum absolute atomic E-state index is 13.3. The number of amides is 1. The molecule has 1 aromatic carbocycles. The summed E-state index contributed by atoms with van der Waals surface area (Å²) in [5.74, 6) is -0.701. The van der Waals surface area contributed by atoms with Gasteiger partial charge in [-0.15, -0.1) is 23.1 Å². The molecule has 1 atom stereocenters. The summed E-state index contributed by atoms with van der Waals surface area (Å²) in [6, 6.07) is 7.13. The monoisotopic (exact) mass is 430 g/mol. The number of hydrogen-bond donors (Lipinski definition) is 1. The van der Waals surface area contributed by atoms with Gasteiger partial charge in [0, 0.05) is 11.8 Å². The number of carbonyl (C=O) groups excluding carboxylic acids is 1. The van der Waals surface area contributed by atoms with E-state index in [-0.39, 0.29) is 11.3 Å². The van der Waals surface area contributed by atoms with Crippen LogP contribution in [-0.4, -0.2) is 23.0 Å². The number of hydrogen-bond acceptors (Lipinski definition) is 5. The van der Waals surface area contributed by atoms with Crippen molar-refractivity contribution in [3.63, 3.8) is 0 Å². The van der Waals surface area contributed by atoms with E-state index >= 15 is 0 Å². The highest BCUT2D eigenvalue weighted by molar-refractivity contribution is 7.99. The smallest absolute Gasteiger partial charge is 0.355 e. The number of halogens is 4. The minimum atomic E-state index is -4.69. The van der Waals surface area contributed by atoms with Crippen molar-refractivity contribution in [1.29, 1.82) is 0 Å². The normalized spacial score (nSPS) is 12.7. The van der Waals surface area contributed by atoms with Crippen molar-refractivity contribution in [1.82, 2.24) is 10.5 Å². The Kier molecular flexibility index (Phi) is 6.40. The third-order valence-corrected chi connectivity index (χ3v) is 5.49. The van der Waals surface area contributed by atoms with Crippen LogP contribution in [0.5, 0.6) is 0 Å².